The van der Waals surface area contributed by atoms with E-state index in [2.05, 4.69) is 44.2 Å². The van der Waals surface area contributed by atoms with Crippen molar-refractivity contribution in [3.8, 4) is 0 Å². The second-order valence-corrected chi connectivity index (χ2v) is 27.9. The van der Waals surface area contributed by atoms with Crippen molar-refractivity contribution in [2.24, 2.45) is 0 Å². The first-order valence-corrected chi connectivity index (χ1v) is 38.3. The maximum atomic E-state index is 12.8. The molecule has 0 bridgehead atoms. The molecular weight excluding hydrogens is 1470 g/mol. The van der Waals surface area contributed by atoms with Crippen molar-refractivity contribution < 1.29 is 56.0 Å². The molecule has 8 aromatic rings. The van der Waals surface area contributed by atoms with Crippen molar-refractivity contribution in [2.45, 2.75) is 48.5 Å². The van der Waals surface area contributed by atoms with E-state index in [0.717, 1.165) is 38.3 Å². The van der Waals surface area contributed by atoms with Gasteiger partial charge in [-0.05, 0) is 79.7 Å². The van der Waals surface area contributed by atoms with Crippen LogP contribution in [0.1, 0.15) is 67.8 Å². The fourth-order valence-electron chi connectivity index (χ4n) is 5.08. The molecule has 4 N–H and O–H groups in total. The molecule has 0 saturated heterocycles. The van der Waals surface area contributed by atoms with E-state index in [-0.39, 0.29) is 17.6 Å². The van der Waals surface area contributed by atoms with Gasteiger partial charge in [-0.1, -0.05) is 114 Å². The third-order valence-electron chi connectivity index (χ3n) is 7.73. The number of nitrogen functional groups attached to an aromatic ring is 1. The summed E-state index contributed by atoms with van der Waals surface area (Å²) in [5.74, 6) is -0.780. The molecule has 2 amide bonds. The number of hydrogen-bond donors (Lipinski definition) is 3. The number of pyridine rings is 3. The molecule has 3 heterocycles. The Morgan fingerprint density at radius 2 is 1.03 bits per heavy atom. The number of fused-ring (bicyclic) bond motifs is 3. The summed E-state index contributed by atoms with van der Waals surface area (Å²) >= 11 is -0.456. The minimum atomic E-state index is -1.79. The van der Waals surface area contributed by atoms with Crippen molar-refractivity contribution >= 4 is 130 Å². The number of anilines is 3. The van der Waals surface area contributed by atoms with Crippen molar-refractivity contribution in [1.82, 2.24) is 15.0 Å². The molecule has 0 aliphatic heterocycles. The number of aryl methyl sites for hydroxylation is 1. The zero-order chi connectivity index (χ0) is 52.1. The zero-order valence-corrected chi connectivity index (χ0v) is 48.8. The second kappa shape index (κ2) is 36.6. The van der Waals surface area contributed by atoms with E-state index in [9.17, 15) is 14.0 Å². The van der Waals surface area contributed by atoms with Crippen LogP contribution in [-0.4, -0.2) is 30.3 Å². The summed E-state index contributed by atoms with van der Waals surface area (Å²) in [5.41, 5.74) is 12.5. The van der Waals surface area contributed by atoms with E-state index in [1.54, 1.807) is 18.6 Å². The molecule has 0 atom stereocenters. The van der Waals surface area contributed by atoms with Gasteiger partial charge >= 0.3 is 114 Å². The Labute approximate surface area is 444 Å². The topological polar surface area (TPSA) is 123 Å². The molecule has 15 heteroatoms. The molecule has 0 saturated carbocycles. The first-order valence-electron chi connectivity index (χ1n) is 21.8. The van der Waals surface area contributed by atoms with E-state index in [1.165, 1.54) is 24.3 Å². The molecule has 0 fully saturated rings. The quantitative estimate of drug-likeness (QED) is 0.149. The Kier molecular flexibility index (Phi) is 28.9. The fraction of sp³-hybridized carbons (Fsp3) is 0.146. The summed E-state index contributed by atoms with van der Waals surface area (Å²) in [7, 11) is 0. The van der Waals surface area contributed by atoms with Gasteiger partial charge in [-0.2, -0.15) is 0 Å². The average Bonchev–Trinajstić information content (AvgIpc) is 3.37. The van der Waals surface area contributed by atoms with Gasteiger partial charge in [-0.3, -0.25) is 24.5 Å². The van der Waals surface area contributed by atoms with E-state index >= 15 is 0 Å². The summed E-state index contributed by atoms with van der Waals surface area (Å²) in [6.07, 6.45) is 4.94. The molecule has 342 valence electrons. The number of halogens is 7. The van der Waals surface area contributed by atoms with Crippen LogP contribution in [0.5, 0.6) is 0 Å². The molecule has 3 aromatic heterocycles. The standard InChI is InChI=1S/C17H14N2O.C16H11FN2O.C9H8N2.3C2H6.H2I3.H2I2.H2I/c1-12-6-8-13(9-7-12)17(20)19-15-10-14-4-2-3-5-16(14)18-11-15;17-13-7-5-11(6-8-13)16(20)19-14-9-12-3-1-2-4-15(12)18-10-14;10-8-5-7-3-1-2-4-9(7)11-6-8;3*1-2;1-3-2;1-2;/h2-11H,1H3,(H,19,20);1-10H,(H,19,20);1-6H,10H2;3*1-2H3;1,3H;1H2;1H2/q;;;;;;-1;;-1/i;;;;;;1D,3D;2*1D2. The third kappa shape index (κ3) is 22.4. The Bertz CT molecular complexity index is 2510. The molecular formula is C48H57FI6N6O2-2. The summed E-state index contributed by atoms with van der Waals surface area (Å²) in [5, 5.41) is 8.66. The van der Waals surface area contributed by atoms with E-state index in [4.69, 9.17) is 9.30 Å². The maximum absolute atomic E-state index is 12.8. The number of amides is 2. The van der Waals surface area contributed by atoms with Gasteiger partial charge in [-0.25, -0.2) is 4.39 Å². The number of carbonyl (C=O) groups excluding carboxylic acids is 2. The van der Waals surface area contributed by atoms with Gasteiger partial charge in [0.15, 0.2) is 0 Å². The fourth-order valence-corrected chi connectivity index (χ4v) is 5.08. The van der Waals surface area contributed by atoms with Crippen LogP contribution in [0.15, 0.2) is 158 Å². The SMILES string of the molecule is CC.CC.CC.Cc1ccc(C(=O)Nc2cnc3ccccc3c2)cc1.Nc1cnc2ccccc2c1.O=C(Nc1cnc2ccccc2c1)c1ccc(F)cc1.[2H]I([2H])I.[2H][I-]I([2H])I.[2H][I-][2H]. The van der Waals surface area contributed by atoms with Gasteiger partial charge in [0.1, 0.15) is 5.82 Å². The number of carbonyl (C=O) groups is 2. The number of nitrogens with zero attached hydrogens (tertiary/aromatic N) is 3. The first kappa shape index (κ1) is 49.8. The second-order valence-electron chi connectivity index (χ2n) is 11.6. The third-order valence-corrected chi connectivity index (χ3v) is 7.73. The van der Waals surface area contributed by atoms with Crippen molar-refractivity contribution in [1.29, 1.82) is 3.56 Å². The van der Waals surface area contributed by atoms with Crippen LogP contribution in [0.4, 0.5) is 21.5 Å². The van der Waals surface area contributed by atoms with Crippen molar-refractivity contribution in [3.05, 3.63) is 181 Å². The van der Waals surface area contributed by atoms with Crippen LogP contribution in [-0.2, 0) is 0 Å². The van der Waals surface area contributed by atoms with E-state index in [0.29, 0.717) is 28.2 Å². The van der Waals surface area contributed by atoms with Gasteiger partial charge in [0, 0.05) is 27.3 Å². The average molecular weight is 1540 g/mol. The molecule has 0 spiro atoms. The van der Waals surface area contributed by atoms with Crippen molar-refractivity contribution in [2.75, 3.05) is 16.4 Å². The predicted octanol–water partition coefficient (Wildman–Crippen LogP) is 8.26. The minimum absolute atomic E-state index is 0.123. The van der Waals surface area contributed by atoms with Gasteiger partial charge in [0.2, 0.25) is 0 Å². The number of aromatic nitrogens is 3. The van der Waals surface area contributed by atoms with Crippen LogP contribution >= 0.6 is 68.5 Å². The van der Waals surface area contributed by atoms with Crippen LogP contribution in [0.3, 0.4) is 0 Å². The molecule has 8 nitrogen and oxygen atoms in total. The summed E-state index contributed by atoms with van der Waals surface area (Å²) in [6.45, 7) is 14.0. The molecule has 8 rings (SSSR count). The Morgan fingerprint density at radius 1 is 0.698 bits per heavy atom. The van der Waals surface area contributed by atoms with Gasteiger partial charge in [0.05, 0.1) is 52.2 Å². The van der Waals surface area contributed by atoms with Crippen molar-refractivity contribution in [3.63, 3.8) is 0 Å². The number of nitrogens with one attached hydrogen (secondary N) is 2. The zero-order valence-electron chi connectivity index (χ0n) is 41.9. The summed E-state index contributed by atoms with van der Waals surface area (Å²) < 4.78 is 51.0. The molecule has 0 unspecified atom stereocenters. The predicted molar refractivity (Wildman–Crippen MR) is 302 cm³/mol. The molecule has 0 aliphatic carbocycles. The van der Waals surface area contributed by atoms with Gasteiger partial charge < -0.3 is 16.4 Å². The normalized spacial score (nSPS) is 10.8. The molecule has 63 heavy (non-hydrogen) atoms. The number of nitrogens with two attached hydrogens (primary N) is 1. The van der Waals surface area contributed by atoms with Gasteiger partial charge in [-0.15, -0.1) is 0 Å². The Morgan fingerprint density at radius 3 is 1.41 bits per heavy atom. The Hall–Kier alpha value is -2.62. The molecule has 0 aliphatic rings. The first-order chi connectivity index (χ1) is 33.2. The number of para-hydroxylation sites is 3. The summed E-state index contributed by atoms with van der Waals surface area (Å²) in [4.78, 5) is 36.9. The van der Waals surface area contributed by atoms with Crippen LogP contribution in [0.2, 0.25) is 0 Å². The van der Waals surface area contributed by atoms with Crippen LogP contribution in [0, 0.1) is 12.7 Å². The molecule has 0 radical (unpaired) electrons. The summed E-state index contributed by atoms with van der Waals surface area (Å²) in [6, 6.07) is 42.0. The van der Waals surface area contributed by atoms with Crippen LogP contribution in [0.25, 0.3) is 32.7 Å². The van der Waals surface area contributed by atoms with E-state index in [1.807, 2.05) is 182 Å². The van der Waals surface area contributed by atoms with Gasteiger partial charge in [0.25, 0.3) is 11.8 Å². The van der Waals surface area contributed by atoms with E-state index < -0.39 is 73.3 Å². The monoisotopic (exact) mass is 1540 g/mol. The van der Waals surface area contributed by atoms with Crippen LogP contribution < -0.4 is 58.4 Å². The number of hydrogen-bond acceptors (Lipinski definition) is 6. The number of rotatable bonds is 5. The Balaban J connectivity index is 0.000000876. The number of benzene rings is 5. The molecule has 5 aromatic carbocycles.